The zero-order valence-corrected chi connectivity index (χ0v) is 21.6. The molecule has 1 fully saturated rings. The van der Waals surface area contributed by atoms with Gasteiger partial charge in [0.05, 0.1) is 6.61 Å². The predicted octanol–water partition coefficient (Wildman–Crippen LogP) is 3.59. The molecule has 1 saturated heterocycles. The highest BCUT2D eigenvalue weighted by Crippen LogP contribution is 2.41. The molecule has 8 nitrogen and oxygen atoms in total. The molecule has 0 aromatic heterocycles. The number of ether oxygens (including phenoxy) is 5. The Balaban J connectivity index is 1.75. The van der Waals surface area contributed by atoms with Crippen LogP contribution in [0.4, 0.5) is 0 Å². The molecule has 38 heavy (non-hydrogen) atoms. The number of carbonyl (C=O) groups is 2. The summed E-state index contributed by atoms with van der Waals surface area (Å²) in [5.74, 6) is -1.27. The van der Waals surface area contributed by atoms with Gasteiger partial charge in [-0.05, 0) is 16.7 Å². The van der Waals surface area contributed by atoms with Gasteiger partial charge in [-0.3, -0.25) is 9.59 Å². The van der Waals surface area contributed by atoms with Gasteiger partial charge in [0.2, 0.25) is 0 Å². The first kappa shape index (κ1) is 27.5. The van der Waals surface area contributed by atoms with Crippen LogP contribution in [0.15, 0.2) is 91.0 Å². The predicted molar refractivity (Wildman–Crippen MR) is 138 cm³/mol. The quantitative estimate of drug-likeness (QED) is 0.338. The molecule has 0 saturated carbocycles. The second-order valence-electron chi connectivity index (χ2n) is 9.00. The summed E-state index contributed by atoms with van der Waals surface area (Å²) >= 11 is 0. The maximum absolute atomic E-state index is 11.9. The van der Waals surface area contributed by atoms with Gasteiger partial charge in [0, 0.05) is 21.0 Å². The Morgan fingerprint density at radius 2 is 1.16 bits per heavy atom. The molecule has 200 valence electrons. The molecular formula is C30H32O8. The molecule has 3 aromatic rings. The Morgan fingerprint density at radius 1 is 0.737 bits per heavy atom. The summed E-state index contributed by atoms with van der Waals surface area (Å²) < 4.78 is 29.0. The molecule has 1 aliphatic heterocycles. The van der Waals surface area contributed by atoms with Crippen molar-refractivity contribution in [2.45, 2.75) is 50.2 Å². The largest absolute Gasteiger partial charge is 0.455 e. The van der Waals surface area contributed by atoms with Crippen LogP contribution in [0.3, 0.4) is 0 Å². The van der Waals surface area contributed by atoms with E-state index in [2.05, 4.69) is 0 Å². The Hall–Kier alpha value is -3.56. The van der Waals surface area contributed by atoms with E-state index in [1.54, 1.807) is 0 Å². The molecule has 0 bridgehead atoms. The van der Waals surface area contributed by atoms with E-state index in [4.69, 9.17) is 23.7 Å². The van der Waals surface area contributed by atoms with Crippen LogP contribution < -0.4 is 0 Å². The maximum atomic E-state index is 11.9. The first-order chi connectivity index (χ1) is 18.4. The van der Waals surface area contributed by atoms with Crippen LogP contribution >= 0.6 is 0 Å². The number of aliphatic hydroxyl groups excluding tert-OH is 1. The van der Waals surface area contributed by atoms with E-state index < -0.39 is 48.2 Å². The third-order valence-electron chi connectivity index (χ3n) is 6.49. The third kappa shape index (κ3) is 5.79. The zero-order valence-electron chi connectivity index (χ0n) is 21.6. The van der Waals surface area contributed by atoms with Crippen molar-refractivity contribution in [1.82, 2.24) is 0 Å². The van der Waals surface area contributed by atoms with Gasteiger partial charge in [-0.25, -0.2) is 0 Å². The molecular weight excluding hydrogens is 488 g/mol. The molecule has 0 amide bonds. The molecule has 0 unspecified atom stereocenters. The summed E-state index contributed by atoms with van der Waals surface area (Å²) in [6.07, 6.45) is -5.71. The van der Waals surface area contributed by atoms with E-state index in [0.717, 1.165) is 16.7 Å². The van der Waals surface area contributed by atoms with Gasteiger partial charge >= 0.3 is 11.9 Å². The van der Waals surface area contributed by atoms with Gasteiger partial charge < -0.3 is 28.8 Å². The van der Waals surface area contributed by atoms with Crippen molar-refractivity contribution in [1.29, 1.82) is 0 Å². The molecule has 0 spiro atoms. The van der Waals surface area contributed by atoms with Crippen molar-refractivity contribution in [3.05, 3.63) is 108 Å². The fourth-order valence-corrected chi connectivity index (χ4v) is 4.93. The maximum Gasteiger partial charge on any atom is 0.303 e. The second kappa shape index (κ2) is 12.3. The van der Waals surface area contributed by atoms with Crippen LogP contribution in [0.1, 0.15) is 30.5 Å². The van der Waals surface area contributed by atoms with Gasteiger partial charge in [-0.15, -0.1) is 0 Å². The minimum atomic E-state index is -1.57. The Morgan fingerprint density at radius 3 is 1.55 bits per heavy atom. The van der Waals surface area contributed by atoms with Gasteiger partial charge in [0.1, 0.15) is 17.8 Å². The summed E-state index contributed by atoms with van der Waals surface area (Å²) in [5, 5.41) is 10.8. The lowest BCUT2D eigenvalue weighted by Crippen LogP contribution is -2.62. The minimum absolute atomic E-state index is 0.0567. The van der Waals surface area contributed by atoms with Crippen molar-refractivity contribution < 1.29 is 38.4 Å². The van der Waals surface area contributed by atoms with Crippen molar-refractivity contribution in [3.63, 3.8) is 0 Å². The zero-order chi connectivity index (χ0) is 27.1. The Kier molecular flexibility index (Phi) is 8.91. The smallest absolute Gasteiger partial charge is 0.303 e. The van der Waals surface area contributed by atoms with Gasteiger partial charge in [0.25, 0.3) is 0 Å². The molecule has 0 aliphatic carbocycles. The van der Waals surface area contributed by atoms with Crippen LogP contribution in [-0.2, 0) is 38.9 Å². The SMILES string of the molecule is CO[C@H]1[C@H](OC(C)=O)[C@@H](OC(C)=O)[C@@H](O)O[C@@H]1COC(c1ccccc1)(c1ccccc1)c1ccccc1. The molecule has 0 radical (unpaired) electrons. The average Bonchev–Trinajstić information content (AvgIpc) is 2.92. The summed E-state index contributed by atoms with van der Waals surface area (Å²) in [4.78, 5) is 23.6. The Labute approximate surface area is 222 Å². The molecule has 1 N–H and O–H groups in total. The van der Waals surface area contributed by atoms with Crippen LogP contribution in [0.2, 0.25) is 0 Å². The lowest BCUT2D eigenvalue weighted by atomic mass is 9.80. The standard InChI is InChI=1S/C30H32O8/c1-20(31)36-27-26(34-3)25(38-29(33)28(27)37-21(2)32)19-35-30(22-13-7-4-8-14-22,23-15-9-5-10-16-23)24-17-11-6-12-18-24/h4-18,25-29,33H,19H2,1-3H3/t25-,26-,27+,28-,29+/m1/s1. The summed E-state index contributed by atoms with van der Waals surface area (Å²) in [5.41, 5.74) is 1.62. The van der Waals surface area contributed by atoms with Crippen molar-refractivity contribution in [3.8, 4) is 0 Å². The van der Waals surface area contributed by atoms with Crippen molar-refractivity contribution in [2.75, 3.05) is 13.7 Å². The van der Waals surface area contributed by atoms with E-state index in [1.165, 1.54) is 21.0 Å². The topological polar surface area (TPSA) is 101 Å². The number of aliphatic hydroxyl groups is 1. The minimum Gasteiger partial charge on any atom is -0.455 e. The highest BCUT2D eigenvalue weighted by atomic mass is 16.7. The van der Waals surface area contributed by atoms with E-state index >= 15 is 0 Å². The van der Waals surface area contributed by atoms with E-state index in [9.17, 15) is 14.7 Å². The third-order valence-corrected chi connectivity index (χ3v) is 6.49. The summed E-state index contributed by atoms with van der Waals surface area (Å²) in [6.45, 7) is 2.37. The summed E-state index contributed by atoms with van der Waals surface area (Å²) in [6, 6.07) is 29.4. The number of esters is 2. The average molecular weight is 521 g/mol. The number of hydrogen-bond acceptors (Lipinski definition) is 8. The lowest BCUT2D eigenvalue weighted by Gasteiger charge is -2.44. The number of methoxy groups -OCH3 is 1. The molecule has 8 heteroatoms. The van der Waals surface area contributed by atoms with Crippen LogP contribution in [0, 0.1) is 0 Å². The summed E-state index contributed by atoms with van der Waals surface area (Å²) in [7, 11) is 1.43. The lowest BCUT2D eigenvalue weighted by molar-refractivity contribution is -0.301. The fourth-order valence-electron chi connectivity index (χ4n) is 4.93. The fraction of sp³-hybridized carbons (Fsp3) is 0.333. The highest BCUT2D eigenvalue weighted by Gasteiger charge is 2.51. The van der Waals surface area contributed by atoms with Crippen molar-refractivity contribution in [2.24, 2.45) is 0 Å². The molecule has 5 atom stereocenters. The normalized spacial score (nSPS) is 23.4. The number of carbonyl (C=O) groups excluding carboxylic acids is 2. The molecule has 1 aliphatic rings. The molecule has 4 rings (SSSR count). The number of benzene rings is 3. The number of rotatable bonds is 9. The van der Waals surface area contributed by atoms with Crippen LogP contribution in [0.25, 0.3) is 0 Å². The molecule has 1 heterocycles. The van der Waals surface area contributed by atoms with Crippen LogP contribution in [-0.4, -0.2) is 61.5 Å². The van der Waals surface area contributed by atoms with E-state index in [1.807, 2.05) is 91.0 Å². The Bertz CT molecular complexity index is 1090. The van der Waals surface area contributed by atoms with Gasteiger partial charge in [-0.2, -0.15) is 0 Å². The van der Waals surface area contributed by atoms with Gasteiger partial charge in [-0.1, -0.05) is 91.0 Å². The number of hydrogen-bond donors (Lipinski definition) is 1. The molecule has 3 aromatic carbocycles. The van der Waals surface area contributed by atoms with E-state index in [-0.39, 0.29) is 6.61 Å². The van der Waals surface area contributed by atoms with Gasteiger partial charge in [0.15, 0.2) is 18.5 Å². The first-order valence-electron chi connectivity index (χ1n) is 12.4. The monoisotopic (exact) mass is 520 g/mol. The first-order valence-corrected chi connectivity index (χ1v) is 12.4. The highest BCUT2D eigenvalue weighted by molar-refractivity contribution is 5.67. The second-order valence-corrected chi connectivity index (χ2v) is 9.00. The van der Waals surface area contributed by atoms with E-state index in [0.29, 0.717) is 0 Å². The van der Waals surface area contributed by atoms with Crippen molar-refractivity contribution >= 4 is 11.9 Å². The van der Waals surface area contributed by atoms with Crippen LogP contribution in [0.5, 0.6) is 0 Å².